The maximum Gasteiger partial charge on any atom is 0.340 e. The van der Waals surface area contributed by atoms with Crippen LogP contribution >= 0.6 is 0 Å². The van der Waals surface area contributed by atoms with Crippen LogP contribution in [0, 0.1) is 16.2 Å². The second kappa shape index (κ2) is 2.56. The molecule has 3 N–H and O–H groups in total. The molecule has 0 radical (unpaired) electrons. The summed E-state index contributed by atoms with van der Waals surface area (Å²) in [4.78, 5) is 12.6. The van der Waals surface area contributed by atoms with Crippen molar-refractivity contribution in [2.24, 2.45) is 16.2 Å². The molecule has 116 valence electrons. The van der Waals surface area contributed by atoms with Crippen LogP contribution < -0.4 is 0 Å². The monoisotopic (exact) mass is 296 g/mol. The van der Waals surface area contributed by atoms with Gasteiger partial charge >= 0.3 is 5.97 Å². The maximum atomic E-state index is 12.6. The van der Waals surface area contributed by atoms with Gasteiger partial charge in [0.2, 0.25) is 0 Å². The van der Waals surface area contributed by atoms with E-state index >= 15 is 0 Å². The van der Waals surface area contributed by atoms with Gasteiger partial charge < -0.3 is 24.8 Å². The molecule has 3 saturated carbocycles. The zero-order valence-electron chi connectivity index (χ0n) is 12.4. The molecule has 5 fully saturated rings. The molecule has 1 spiro atoms. The lowest BCUT2D eigenvalue weighted by molar-refractivity contribution is -0.274. The van der Waals surface area contributed by atoms with Crippen molar-refractivity contribution in [3.63, 3.8) is 0 Å². The van der Waals surface area contributed by atoms with Crippen LogP contribution in [0.1, 0.15) is 40.0 Å². The van der Waals surface area contributed by atoms with Gasteiger partial charge in [0, 0.05) is 11.8 Å². The van der Waals surface area contributed by atoms with Gasteiger partial charge in [-0.05, 0) is 19.8 Å². The average Bonchev–Trinajstić information content (AvgIpc) is 2.90. The number of aliphatic hydroxyl groups is 3. The number of carbonyl (C=O) groups is 1. The van der Waals surface area contributed by atoms with Gasteiger partial charge in [0.25, 0.3) is 0 Å². The number of esters is 1. The van der Waals surface area contributed by atoms with E-state index in [0.29, 0.717) is 12.8 Å². The Morgan fingerprint density at radius 1 is 1.10 bits per heavy atom. The van der Waals surface area contributed by atoms with Gasteiger partial charge in [0.05, 0.1) is 23.0 Å². The van der Waals surface area contributed by atoms with Crippen LogP contribution in [0.25, 0.3) is 0 Å². The quantitative estimate of drug-likeness (QED) is 0.531. The van der Waals surface area contributed by atoms with E-state index in [4.69, 9.17) is 9.47 Å². The Hall–Kier alpha value is -0.690. The second-order valence-corrected chi connectivity index (χ2v) is 8.31. The molecule has 2 aliphatic heterocycles. The third kappa shape index (κ3) is 0.665. The summed E-state index contributed by atoms with van der Waals surface area (Å²) in [7, 11) is 0. The fourth-order valence-electron chi connectivity index (χ4n) is 7.23. The van der Waals surface area contributed by atoms with Crippen molar-refractivity contribution >= 4 is 5.97 Å². The van der Waals surface area contributed by atoms with Crippen LogP contribution in [0.2, 0.25) is 0 Å². The first-order valence-corrected chi connectivity index (χ1v) is 7.54. The fourth-order valence-corrected chi connectivity index (χ4v) is 7.23. The van der Waals surface area contributed by atoms with Crippen molar-refractivity contribution in [1.29, 1.82) is 0 Å². The van der Waals surface area contributed by atoms with Gasteiger partial charge in [0.1, 0.15) is 5.60 Å². The van der Waals surface area contributed by atoms with Crippen molar-refractivity contribution in [1.82, 2.24) is 0 Å². The van der Waals surface area contributed by atoms with Crippen LogP contribution in [0.3, 0.4) is 0 Å². The molecule has 4 bridgehead atoms. The van der Waals surface area contributed by atoms with Crippen LogP contribution in [0.4, 0.5) is 0 Å². The largest absolute Gasteiger partial charge is 0.455 e. The molecule has 6 heteroatoms. The van der Waals surface area contributed by atoms with Gasteiger partial charge in [-0.15, -0.1) is 0 Å². The third-order valence-electron chi connectivity index (χ3n) is 8.36. The molecule has 5 aliphatic rings. The van der Waals surface area contributed by atoms with Crippen molar-refractivity contribution in [3.8, 4) is 0 Å². The van der Waals surface area contributed by atoms with E-state index in [2.05, 4.69) is 0 Å². The molecule has 2 heterocycles. The highest BCUT2D eigenvalue weighted by Gasteiger charge is 3.07. The molecule has 0 aromatic rings. The Labute approximate surface area is 122 Å². The predicted octanol–water partition coefficient (Wildman–Crippen LogP) is -0.307. The van der Waals surface area contributed by atoms with Crippen LogP contribution in [-0.4, -0.2) is 50.5 Å². The SMILES string of the molecule is CC12CO[C@@]3(O)C[C@]45C1(CC[C@@]4(C)O)OC(=O)[C@@]5(O)[C@@]23C. The Bertz CT molecular complexity index is 632. The van der Waals surface area contributed by atoms with E-state index in [1.807, 2.05) is 6.92 Å². The molecule has 0 aromatic carbocycles. The lowest BCUT2D eigenvalue weighted by atomic mass is 9.54. The van der Waals surface area contributed by atoms with Gasteiger partial charge in [-0.3, -0.25) is 0 Å². The standard InChI is InChI=1S/C15H20O6/c1-9-7-20-14(18)6-12-10(2,17)4-5-13(9,12)21-8(16)15(12,19)11(9,14)3/h17-19H,4-7H2,1-3H3/t9?,10-,11+,12-,13?,14+,15-/m1/s1. The molecule has 3 aliphatic carbocycles. The molecule has 5 rings (SSSR count). The number of carbonyl (C=O) groups excluding carboxylic acids is 1. The molecular weight excluding hydrogens is 276 g/mol. The molecule has 6 nitrogen and oxygen atoms in total. The van der Waals surface area contributed by atoms with Crippen LogP contribution in [0.5, 0.6) is 0 Å². The van der Waals surface area contributed by atoms with Gasteiger partial charge in [-0.25, -0.2) is 4.79 Å². The van der Waals surface area contributed by atoms with Gasteiger partial charge in [-0.1, -0.05) is 13.8 Å². The Kier molecular flexibility index (Phi) is 1.56. The Balaban J connectivity index is 1.99. The zero-order chi connectivity index (χ0) is 15.3. The van der Waals surface area contributed by atoms with E-state index in [0.717, 1.165) is 0 Å². The van der Waals surface area contributed by atoms with Crippen LogP contribution in [-0.2, 0) is 14.3 Å². The first kappa shape index (κ1) is 12.8. The number of rotatable bonds is 0. The van der Waals surface area contributed by atoms with E-state index in [1.165, 1.54) is 0 Å². The molecule has 7 atom stereocenters. The summed E-state index contributed by atoms with van der Waals surface area (Å²) >= 11 is 0. The normalized spacial score (nSPS) is 73.1. The molecular formula is C15H20O6. The molecule has 2 unspecified atom stereocenters. The fraction of sp³-hybridized carbons (Fsp3) is 0.933. The lowest BCUT2D eigenvalue weighted by Crippen LogP contribution is -2.66. The van der Waals surface area contributed by atoms with Crippen molar-refractivity contribution in [2.75, 3.05) is 6.61 Å². The van der Waals surface area contributed by atoms with E-state index in [9.17, 15) is 20.1 Å². The molecule has 2 saturated heterocycles. The summed E-state index contributed by atoms with van der Waals surface area (Å²) in [6.07, 6.45) is 0.950. The molecule has 0 amide bonds. The number of hydrogen-bond donors (Lipinski definition) is 3. The van der Waals surface area contributed by atoms with Gasteiger partial charge in [0.15, 0.2) is 11.4 Å². The smallest absolute Gasteiger partial charge is 0.340 e. The molecule has 0 aromatic heterocycles. The number of hydrogen-bond acceptors (Lipinski definition) is 6. The number of ether oxygens (including phenoxy) is 2. The Morgan fingerprint density at radius 3 is 2.43 bits per heavy atom. The van der Waals surface area contributed by atoms with Crippen molar-refractivity contribution in [3.05, 3.63) is 0 Å². The third-order valence-corrected chi connectivity index (χ3v) is 8.36. The van der Waals surface area contributed by atoms with E-state index < -0.39 is 44.8 Å². The highest BCUT2D eigenvalue weighted by Crippen LogP contribution is 2.92. The highest BCUT2D eigenvalue weighted by molar-refractivity contribution is 5.91. The minimum Gasteiger partial charge on any atom is -0.455 e. The first-order valence-electron chi connectivity index (χ1n) is 7.54. The first-order chi connectivity index (χ1) is 9.50. The minimum absolute atomic E-state index is 0.0291. The summed E-state index contributed by atoms with van der Waals surface area (Å²) in [6, 6.07) is 0. The van der Waals surface area contributed by atoms with Gasteiger partial charge in [-0.2, -0.15) is 0 Å². The minimum atomic E-state index is -1.92. The highest BCUT2D eigenvalue weighted by atomic mass is 16.7. The maximum absolute atomic E-state index is 12.6. The van der Waals surface area contributed by atoms with Crippen LogP contribution in [0.15, 0.2) is 0 Å². The summed E-state index contributed by atoms with van der Waals surface area (Å²) < 4.78 is 11.4. The summed E-state index contributed by atoms with van der Waals surface area (Å²) in [6.45, 7) is 5.48. The van der Waals surface area contributed by atoms with Crippen molar-refractivity contribution in [2.45, 2.75) is 62.6 Å². The van der Waals surface area contributed by atoms with E-state index in [1.54, 1.807) is 13.8 Å². The Morgan fingerprint density at radius 2 is 1.76 bits per heavy atom. The second-order valence-electron chi connectivity index (χ2n) is 8.31. The summed E-state index contributed by atoms with van der Waals surface area (Å²) in [5.74, 6) is -2.32. The average molecular weight is 296 g/mol. The van der Waals surface area contributed by atoms with Crippen molar-refractivity contribution < 1.29 is 29.6 Å². The summed E-state index contributed by atoms with van der Waals surface area (Å²) in [5.41, 5.74) is -7.26. The topological polar surface area (TPSA) is 96.2 Å². The van der Waals surface area contributed by atoms with E-state index in [-0.39, 0.29) is 13.0 Å². The zero-order valence-corrected chi connectivity index (χ0v) is 12.4. The summed E-state index contributed by atoms with van der Waals surface area (Å²) in [5, 5.41) is 33.6. The molecule has 21 heavy (non-hydrogen) atoms. The predicted molar refractivity (Wildman–Crippen MR) is 67.8 cm³/mol. The lowest BCUT2D eigenvalue weighted by Gasteiger charge is -2.54.